The topological polar surface area (TPSA) is 92.3 Å². The minimum atomic E-state index is -0.863. The zero-order valence-electron chi connectivity index (χ0n) is 26.1. The van der Waals surface area contributed by atoms with E-state index in [4.69, 9.17) is 24.4 Å². The average molecular weight is 618 g/mol. The van der Waals surface area contributed by atoms with Crippen molar-refractivity contribution in [1.82, 2.24) is 30.0 Å². The summed E-state index contributed by atoms with van der Waals surface area (Å²) >= 11 is 0. The van der Waals surface area contributed by atoms with Gasteiger partial charge in [0.25, 0.3) is 0 Å². The maximum Gasteiger partial charge on any atom is 0.319 e. The van der Waals surface area contributed by atoms with Crippen molar-refractivity contribution in [3.05, 3.63) is 35.4 Å². The molecule has 5 aliphatic heterocycles. The Morgan fingerprint density at radius 2 is 2.04 bits per heavy atom. The Labute approximate surface area is 261 Å². The van der Waals surface area contributed by atoms with Gasteiger partial charge < -0.3 is 14.4 Å². The quantitative estimate of drug-likeness (QED) is 0.309. The van der Waals surface area contributed by atoms with E-state index >= 15 is 4.39 Å². The molecule has 0 aliphatic carbocycles. The van der Waals surface area contributed by atoms with Crippen LogP contribution in [0.1, 0.15) is 56.6 Å². The number of anilines is 1. The van der Waals surface area contributed by atoms with Gasteiger partial charge in [-0.15, -0.1) is 0 Å². The largest absolute Gasteiger partial charge is 0.461 e. The normalized spacial score (nSPS) is 27.5. The number of alkyl halides is 1. The lowest BCUT2D eigenvalue weighted by Gasteiger charge is -2.34. The van der Waals surface area contributed by atoms with Crippen molar-refractivity contribution in [2.45, 2.75) is 70.5 Å². The van der Waals surface area contributed by atoms with Gasteiger partial charge in [0.05, 0.1) is 29.2 Å². The van der Waals surface area contributed by atoms with E-state index in [9.17, 15) is 4.39 Å². The lowest BCUT2D eigenvalue weighted by Crippen LogP contribution is -2.43. The van der Waals surface area contributed by atoms with Gasteiger partial charge in [0.1, 0.15) is 29.8 Å². The van der Waals surface area contributed by atoms with Crippen LogP contribution in [0.25, 0.3) is 33.1 Å². The molecule has 6 bridgehead atoms. The fourth-order valence-corrected chi connectivity index (χ4v) is 8.33. The van der Waals surface area contributed by atoms with Gasteiger partial charge in [-0.2, -0.15) is 15.1 Å². The summed E-state index contributed by atoms with van der Waals surface area (Å²) in [7, 11) is 0. The van der Waals surface area contributed by atoms with Gasteiger partial charge >= 0.3 is 6.01 Å². The standard InChI is InChI=1S/C34H41F2N7O2/c1-20-6-10-44-18-22-5-3-8-42(16-22)32-26-14-37-31(28-24(11-20)21(2)12-27-25(28)15-38-41-27)29(36)30(26)39-33(40-32)45-19-34-7-4-9-43(34)17-23(35)13-34/h12,14-15,20,22-23H,3-11,13,16-19H2,1-2H3,(H,38,41)/t20-,22+,23+,34-/m0/s1. The molecule has 5 aliphatic rings. The summed E-state index contributed by atoms with van der Waals surface area (Å²) in [5, 5.41) is 8.76. The smallest absolute Gasteiger partial charge is 0.319 e. The summed E-state index contributed by atoms with van der Waals surface area (Å²) in [5.74, 6) is 0.815. The molecule has 3 fully saturated rings. The Hall–Kier alpha value is -3.44. The van der Waals surface area contributed by atoms with Crippen molar-refractivity contribution in [3.8, 4) is 17.3 Å². The number of aromatic amines is 1. The van der Waals surface area contributed by atoms with Gasteiger partial charge in [0.2, 0.25) is 0 Å². The van der Waals surface area contributed by atoms with Crippen LogP contribution in [0.4, 0.5) is 14.6 Å². The van der Waals surface area contributed by atoms with Crippen LogP contribution in [0.15, 0.2) is 18.5 Å². The molecule has 4 aromatic rings. The monoisotopic (exact) mass is 617 g/mol. The SMILES string of the molecule is Cc1cc2[nH]ncc2c2c1C[C@@H](C)CCOC[C@@H]1CCCN(C1)c1nc(OC[C@@]34CCCN3C[C@H](F)C4)nc3c(F)c-2ncc13. The molecule has 11 heteroatoms. The number of piperidine rings is 1. The van der Waals surface area contributed by atoms with Crippen LogP contribution in [-0.2, 0) is 11.2 Å². The molecule has 0 saturated carbocycles. The summed E-state index contributed by atoms with van der Waals surface area (Å²) in [4.78, 5) is 18.8. The molecule has 3 saturated heterocycles. The number of H-pyrrole nitrogens is 1. The second-order valence-corrected chi connectivity index (χ2v) is 13.9. The van der Waals surface area contributed by atoms with E-state index in [1.54, 1.807) is 12.4 Å². The number of aromatic nitrogens is 5. The fourth-order valence-electron chi connectivity index (χ4n) is 8.33. The number of benzene rings is 1. The lowest BCUT2D eigenvalue weighted by molar-refractivity contribution is 0.0845. The number of halogens is 2. The van der Waals surface area contributed by atoms with Crippen LogP contribution in [0.3, 0.4) is 0 Å². The first kappa shape index (κ1) is 29.0. The summed E-state index contributed by atoms with van der Waals surface area (Å²) in [6, 6.07) is 2.21. The maximum atomic E-state index is 17.1. The predicted octanol–water partition coefficient (Wildman–Crippen LogP) is 5.79. The molecule has 0 radical (unpaired) electrons. The molecule has 0 amide bonds. The molecule has 45 heavy (non-hydrogen) atoms. The van der Waals surface area contributed by atoms with E-state index in [0.29, 0.717) is 49.2 Å². The zero-order valence-corrected chi connectivity index (χ0v) is 26.1. The Balaban J connectivity index is 1.29. The predicted molar refractivity (Wildman–Crippen MR) is 169 cm³/mol. The third-order valence-corrected chi connectivity index (χ3v) is 10.7. The van der Waals surface area contributed by atoms with Gasteiger partial charge in [-0.1, -0.05) is 6.92 Å². The number of hydrogen-bond acceptors (Lipinski definition) is 8. The highest BCUT2D eigenvalue weighted by molar-refractivity contribution is 5.99. The number of nitrogens with one attached hydrogen (secondary N) is 1. The highest BCUT2D eigenvalue weighted by Crippen LogP contribution is 2.42. The van der Waals surface area contributed by atoms with Gasteiger partial charge in [-0.25, -0.2) is 8.78 Å². The number of pyridine rings is 1. The third kappa shape index (κ3) is 5.12. The molecule has 238 valence electrons. The minimum Gasteiger partial charge on any atom is -0.461 e. The van der Waals surface area contributed by atoms with E-state index in [-0.39, 0.29) is 29.4 Å². The number of fused-ring (bicyclic) bond motifs is 8. The highest BCUT2D eigenvalue weighted by atomic mass is 19.1. The minimum absolute atomic E-state index is 0.128. The first-order chi connectivity index (χ1) is 21.9. The lowest BCUT2D eigenvalue weighted by atomic mass is 9.88. The van der Waals surface area contributed by atoms with Crippen molar-refractivity contribution in [3.63, 3.8) is 0 Å². The van der Waals surface area contributed by atoms with E-state index < -0.39 is 12.0 Å². The van der Waals surface area contributed by atoms with Crippen LogP contribution in [0.5, 0.6) is 6.01 Å². The van der Waals surface area contributed by atoms with Gasteiger partial charge in [0, 0.05) is 49.8 Å². The Morgan fingerprint density at radius 1 is 1.13 bits per heavy atom. The number of rotatable bonds is 3. The Kier molecular flexibility index (Phi) is 7.36. The average Bonchev–Trinajstić information content (AvgIpc) is 3.73. The van der Waals surface area contributed by atoms with Crippen molar-refractivity contribution >= 4 is 27.6 Å². The molecule has 1 N–H and O–H groups in total. The molecule has 0 unspecified atom stereocenters. The Bertz CT molecular complexity index is 1750. The Morgan fingerprint density at radius 3 is 2.96 bits per heavy atom. The van der Waals surface area contributed by atoms with Gasteiger partial charge in [-0.3, -0.25) is 15.0 Å². The molecule has 8 heterocycles. The molecule has 0 spiro atoms. The summed E-state index contributed by atoms with van der Waals surface area (Å²) in [6.07, 6.45) is 8.69. The zero-order chi connectivity index (χ0) is 30.7. The molecular formula is C34H41F2N7O2. The fraction of sp³-hybridized carbons (Fsp3) is 0.588. The molecule has 9 rings (SSSR count). The van der Waals surface area contributed by atoms with E-state index in [1.807, 2.05) is 0 Å². The summed E-state index contributed by atoms with van der Waals surface area (Å²) in [5.41, 5.74) is 3.80. The first-order valence-corrected chi connectivity index (χ1v) is 16.6. The molecule has 1 aromatic carbocycles. The summed E-state index contributed by atoms with van der Waals surface area (Å²) in [6.45, 7) is 8.80. The van der Waals surface area contributed by atoms with Crippen molar-refractivity contribution in [1.29, 1.82) is 0 Å². The van der Waals surface area contributed by atoms with Crippen LogP contribution < -0.4 is 9.64 Å². The number of nitrogens with zero attached hydrogens (tertiary/aromatic N) is 6. The molecule has 3 aromatic heterocycles. The molecule has 9 nitrogen and oxygen atoms in total. The van der Waals surface area contributed by atoms with Crippen LogP contribution in [-0.4, -0.2) is 87.8 Å². The van der Waals surface area contributed by atoms with Gasteiger partial charge in [-0.05, 0) is 81.0 Å². The van der Waals surface area contributed by atoms with Gasteiger partial charge in [0.15, 0.2) is 5.82 Å². The number of ether oxygens (including phenoxy) is 2. The van der Waals surface area contributed by atoms with E-state index in [0.717, 1.165) is 85.8 Å². The second-order valence-electron chi connectivity index (χ2n) is 13.9. The van der Waals surface area contributed by atoms with Crippen LogP contribution >= 0.6 is 0 Å². The highest BCUT2D eigenvalue weighted by Gasteiger charge is 2.49. The third-order valence-electron chi connectivity index (χ3n) is 10.7. The van der Waals surface area contributed by atoms with E-state index in [2.05, 4.69) is 39.9 Å². The van der Waals surface area contributed by atoms with Crippen LogP contribution in [0.2, 0.25) is 0 Å². The molecule has 4 atom stereocenters. The van der Waals surface area contributed by atoms with Crippen LogP contribution in [0, 0.1) is 24.6 Å². The molecular weight excluding hydrogens is 576 g/mol. The summed E-state index contributed by atoms with van der Waals surface area (Å²) < 4.78 is 44.2. The number of hydrogen-bond donors (Lipinski definition) is 1. The number of aryl methyl sites for hydroxylation is 1. The van der Waals surface area contributed by atoms with E-state index in [1.165, 1.54) is 0 Å². The maximum absolute atomic E-state index is 17.1. The van der Waals surface area contributed by atoms with Crippen molar-refractivity contribution in [2.75, 3.05) is 50.9 Å². The first-order valence-electron chi connectivity index (χ1n) is 16.6. The van der Waals surface area contributed by atoms with Crippen molar-refractivity contribution in [2.24, 2.45) is 11.8 Å². The second kappa shape index (κ2) is 11.4. The van der Waals surface area contributed by atoms with Crippen molar-refractivity contribution < 1.29 is 18.3 Å².